The van der Waals surface area contributed by atoms with Gasteiger partial charge in [-0.05, 0) is 48.4 Å². The molecule has 10 heteroatoms. The SMILES string of the molecule is Cc1ccc(C(=O)NCc2ccc(CS(=O)O)cc2)c(=O)n1-c1cccc(C(F)(F)F)c1. The first-order chi connectivity index (χ1) is 15.1. The number of rotatable bonds is 6. The molecule has 0 saturated heterocycles. The molecule has 1 heterocycles. The fraction of sp³-hybridized carbons (Fsp3) is 0.182. The number of hydrogen-bond acceptors (Lipinski definition) is 3. The summed E-state index contributed by atoms with van der Waals surface area (Å²) in [6.45, 7) is 1.66. The van der Waals surface area contributed by atoms with Gasteiger partial charge in [0.05, 0.1) is 11.3 Å². The van der Waals surface area contributed by atoms with Crippen molar-refractivity contribution in [3.8, 4) is 5.69 Å². The Morgan fingerprint density at radius 3 is 2.34 bits per heavy atom. The van der Waals surface area contributed by atoms with Crippen molar-refractivity contribution in [2.75, 3.05) is 0 Å². The number of hydrogen-bond donors (Lipinski definition) is 2. The summed E-state index contributed by atoms with van der Waals surface area (Å²) in [6.07, 6.45) is -4.57. The van der Waals surface area contributed by atoms with E-state index in [2.05, 4.69) is 5.32 Å². The summed E-state index contributed by atoms with van der Waals surface area (Å²) >= 11 is -1.96. The molecule has 0 fully saturated rings. The maximum absolute atomic E-state index is 13.1. The Morgan fingerprint density at radius 1 is 1.06 bits per heavy atom. The number of carbonyl (C=O) groups is 1. The summed E-state index contributed by atoms with van der Waals surface area (Å²) in [5, 5.41) is 2.61. The molecule has 0 saturated carbocycles. The zero-order chi connectivity index (χ0) is 23.5. The van der Waals surface area contributed by atoms with E-state index in [0.29, 0.717) is 16.8 Å². The molecule has 1 atom stereocenters. The monoisotopic (exact) mass is 464 g/mol. The summed E-state index contributed by atoms with van der Waals surface area (Å²) < 4.78 is 60.0. The maximum atomic E-state index is 13.1. The Hall–Kier alpha value is -3.24. The van der Waals surface area contributed by atoms with E-state index in [-0.39, 0.29) is 23.5 Å². The van der Waals surface area contributed by atoms with Gasteiger partial charge in [-0.3, -0.25) is 14.2 Å². The highest BCUT2D eigenvalue weighted by Gasteiger charge is 2.30. The van der Waals surface area contributed by atoms with Crippen molar-refractivity contribution < 1.29 is 26.7 Å². The second kappa shape index (κ2) is 9.49. The first-order valence-corrected chi connectivity index (χ1v) is 10.7. The number of alkyl halides is 3. The first kappa shape index (κ1) is 23.4. The Morgan fingerprint density at radius 2 is 1.72 bits per heavy atom. The van der Waals surface area contributed by atoms with E-state index < -0.39 is 34.3 Å². The molecule has 6 nitrogen and oxygen atoms in total. The zero-order valence-corrected chi connectivity index (χ0v) is 17.7. The number of aryl methyl sites for hydroxylation is 1. The minimum Gasteiger partial charge on any atom is -0.348 e. The highest BCUT2D eigenvalue weighted by Crippen LogP contribution is 2.30. The molecular formula is C22H19F3N2O4S. The van der Waals surface area contributed by atoms with Crippen LogP contribution in [0.1, 0.15) is 32.7 Å². The van der Waals surface area contributed by atoms with Crippen molar-refractivity contribution in [3.05, 3.63) is 99.0 Å². The molecular weight excluding hydrogens is 445 g/mol. The molecule has 3 aromatic rings. The number of carbonyl (C=O) groups excluding carboxylic acids is 1. The minimum absolute atomic E-state index is 0.00818. The van der Waals surface area contributed by atoms with Gasteiger partial charge in [0.1, 0.15) is 5.56 Å². The Labute approximate surface area is 184 Å². The van der Waals surface area contributed by atoms with Gasteiger partial charge in [-0.25, -0.2) is 4.21 Å². The average molecular weight is 464 g/mol. The first-order valence-electron chi connectivity index (χ1n) is 9.40. The second-order valence-electron chi connectivity index (χ2n) is 7.04. The minimum atomic E-state index is -4.57. The lowest BCUT2D eigenvalue weighted by Gasteiger charge is -2.14. The van der Waals surface area contributed by atoms with Gasteiger partial charge in [0.2, 0.25) is 0 Å². The third kappa shape index (κ3) is 5.51. The number of halogens is 3. The molecule has 1 unspecified atom stereocenters. The zero-order valence-electron chi connectivity index (χ0n) is 16.8. The predicted octanol–water partition coefficient (Wildman–Crippen LogP) is 3.82. The summed E-state index contributed by atoms with van der Waals surface area (Å²) in [7, 11) is 0. The fourth-order valence-electron chi connectivity index (χ4n) is 3.12. The van der Waals surface area contributed by atoms with Gasteiger partial charge < -0.3 is 9.87 Å². The van der Waals surface area contributed by atoms with Crippen molar-refractivity contribution >= 4 is 17.0 Å². The molecule has 168 valence electrons. The lowest BCUT2D eigenvalue weighted by Crippen LogP contribution is -2.33. The molecule has 0 spiro atoms. The van der Waals surface area contributed by atoms with Crippen LogP contribution in [-0.2, 0) is 29.6 Å². The van der Waals surface area contributed by atoms with Crippen LogP contribution in [-0.4, -0.2) is 19.2 Å². The number of nitrogens with zero attached hydrogens (tertiary/aromatic N) is 1. The van der Waals surface area contributed by atoms with Gasteiger partial charge in [-0.15, -0.1) is 0 Å². The highest BCUT2D eigenvalue weighted by molar-refractivity contribution is 7.78. The van der Waals surface area contributed by atoms with Gasteiger partial charge in [0.15, 0.2) is 11.1 Å². The summed E-state index contributed by atoms with van der Waals surface area (Å²) in [5.41, 5.74) is -0.0938. The van der Waals surface area contributed by atoms with E-state index >= 15 is 0 Å². The van der Waals surface area contributed by atoms with Crippen molar-refractivity contribution in [1.82, 2.24) is 9.88 Å². The van der Waals surface area contributed by atoms with Gasteiger partial charge in [-0.2, -0.15) is 13.2 Å². The molecule has 3 rings (SSSR count). The Kier molecular flexibility index (Phi) is 6.95. The van der Waals surface area contributed by atoms with Crippen molar-refractivity contribution in [1.29, 1.82) is 0 Å². The van der Waals surface area contributed by atoms with Crippen molar-refractivity contribution in [3.63, 3.8) is 0 Å². The van der Waals surface area contributed by atoms with E-state index in [0.717, 1.165) is 16.7 Å². The van der Waals surface area contributed by atoms with Crippen LogP contribution in [0.15, 0.2) is 65.5 Å². The number of amides is 1. The average Bonchev–Trinajstić information content (AvgIpc) is 2.72. The molecule has 0 aliphatic heterocycles. The van der Waals surface area contributed by atoms with Crippen LogP contribution in [0.25, 0.3) is 5.69 Å². The summed E-state index contributed by atoms with van der Waals surface area (Å²) in [6, 6.07) is 13.8. The van der Waals surface area contributed by atoms with Crippen LogP contribution < -0.4 is 10.9 Å². The van der Waals surface area contributed by atoms with Crippen LogP contribution >= 0.6 is 0 Å². The maximum Gasteiger partial charge on any atom is 0.416 e. The predicted molar refractivity (Wildman–Crippen MR) is 114 cm³/mol. The van der Waals surface area contributed by atoms with Crippen LogP contribution in [0.5, 0.6) is 0 Å². The standard InChI is InChI=1S/C22H19F3N2O4S/c1-14-5-10-19(20(28)26-12-15-6-8-16(9-7-15)13-32(30)31)21(29)27(14)18-4-2-3-17(11-18)22(23,24)25/h2-11H,12-13H2,1H3,(H,26,28)(H,30,31). The molecule has 1 amide bonds. The van der Waals surface area contributed by atoms with Crippen LogP contribution in [0.3, 0.4) is 0 Å². The van der Waals surface area contributed by atoms with E-state index in [9.17, 15) is 27.0 Å². The van der Waals surface area contributed by atoms with E-state index in [1.54, 1.807) is 31.2 Å². The largest absolute Gasteiger partial charge is 0.416 e. The number of pyridine rings is 1. The lowest BCUT2D eigenvalue weighted by atomic mass is 10.1. The molecule has 2 aromatic carbocycles. The van der Waals surface area contributed by atoms with Gasteiger partial charge in [0.25, 0.3) is 11.5 Å². The van der Waals surface area contributed by atoms with E-state index in [1.807, 2.05) is 0 Å². The Bertz CT molecular complexity index is 1220. The quantitative estimate of drug-likeness (QED) is 0.543. The third-order valence-corrected chi connectivity index (χ3v) is 5.30. The molecule has 0 aliphatic carbocycles. The number of benzene rings is 2. The van der Waals surface area contributed by atoms with Gasteiger partial charge >= 0.3 is 6.18 Å². The summed E-state index contributed by atoms with van der Waals surface area (Å²) in [4.78, 5) is 25.5. The molecule has 32 heavy (non-hydrogen) atoms. The normalized spacial score (nSPS) is 12.4. The number of nitrogens with one attached hydrogen (secondary N) is 1. The van der Waals surface area contributed by atoms with Crippen molar-refractivity contribution in [2.45, 2.75) is 25.4 Å². The summed E-state index contributed by atoms with van der Waals surface area (Å²) in [5.74, 6) is -0.679. The Balaban J connectivity index is 1.83. The smallest absolute Gasteiger partial charge is 0.348 e. The molecule has 0 radical (unpaired) electrons. The fourth-order valence-corrected chi connectivity index (χ4v) is 3.60. The van der Waals surface area contributed by atoms with E-state index in [4.69, 9.17) is 4.55 Å². The second-order valence-corrected chi connectivity index (χ2v) is 7.97. The molecule has 1 aromatic heterocycles. The highest BCUT2D eigenvalue weighted by atomic mass is 32.2. The molecule has 0 aliphatic rings. The van der Waals surface area contributed by atoms with Crippen molar-refractivity contribution in [2.24, 2.45) is 0 Å². The topological polar surface area (TPSA) is 88.4 Å². The van der Waals surface area contributed by atoms with Crippen LogP contribution in [0, 0.1) is 6.92 Å². The van der Waals surface area contributed by atoms with Gasteiger partial charge in [0, 0.05) is 17.9 Å². The van der Waals surface area contributed by atoms with Crippen LogP contribution in [0.2, 0.25) is 0 Å². The van der Waals surface area contributed by atoms with Gasteiger partial charge in [-0.1, -0.05) is 30.3 Å². The van der Waals surface area contributed by atoms with Crippen LogP contribution in [0.4, 0.5) is 13.2 Å². The number of aromatic nitrogens is 1. The molecule has 0 bridgehead atoms. The third-order valence-electron chi connectivity index (χ3n) is 4.72. The molecule has 2 N–H and O–H groups in total. The van der Waals surface area contributed by atoms with E-state index in [1.165, 1.54) is 24.3 Å². The lowest BCUT2D eigenvalue weighted by molar-refractivity contribution is -0.137.